The number of aromatic nitrogens is 2. The van der Waals surface area contributed by atoms with Crippen molar-refractivity contribution < 1.29 is 9.53 Å². The summed E-state index contributed by atoms with van der Waals surface area (Å²) in [5.74, 6) is 0.851. The van der Waals surface area contributed by atoms with Crippen molar-refractivity contribution in [1.29, 1.82) is 0 Å². The van der Waals surface area contributed by atoms with Gasteiger partial charge in [-0.15, -0.1) is 0 Å². The highest BCUT2D eigenvalue weighted by Gasteiger charge is 2.69. The van der Waals surface area contributed by atoms with Crippen LogP contribution in [0.4, 0.5) is 5.69 Å². The highest BCUT2D eigenvalue weighted by Crippen LogP contribution is 2.61. The largest absolute Gasteiger partial charge is 0.370 e. The van der Waals surface area contributed by atoms with E-state index in [0.29, 0.717) is 19.4 Å². The second-order valence-corrected chi connectivity index (χ2v) is 7.08. The SMILES string of the molecule is Cc1cc(-c2ncc[nH]2)ccc1NC(=O)C12CC(CN)(C1)OC2C. The van der Waals surface area contributed by atoms with Crippen molar-refractivity contribution in [2.75, 3.05) is 11.9 Å². The standard InChI is InChI=1S/C18H22N4O2/c1-11-7-13(15-20-5-6-21-15)3-4-14(11)22-16(23)18-8-17(9-18,10-19)24-12(18)2/h3-7,12H,8-10,19H2,1-2H3,(H,20,21)(H,22,23). The van der Waals surface area contributed by atoms with E-state index >= 15 is 0 Å². The molecule has 0 radical (unpaired) electrons. The van der Waals surface area contributed by atoms with E-state index in [1.54, 1.807) is 12.4 Å². The average molecular weight is 326 g/mol. The summed E-state index contributed by atoms with van der Waals surface area (Å²) in [6, 6.07) is 5.90. The Morgan fingerprint density at radius 1 is 1.50 bits per heavy atom. The van der Waals surface area contributed by atoms with E-state index in [0.717, 1.165) is 22.6 Å². The number of nitrogens with two attached hydrogens (primary N) is 1. The molecule has 5 rings (SSSR count). The average Bonchev–Trinajstić information content (AvgIpc) is 3.21. The van der Waals surface area contributed by atoms with Gasteiger partial charge in [-0.2, -0.15) is 0 Å². The summed E-state index contributed by atoms with van der Waals surface area (Å²) >= 11 is 0. The molecule has 6 heteroatoms. The minimum absolute atomic E-state index is 0.0328. The first-order valence-electron chi connectivity index (χ1n) is 8.28. The zero-order valence-electron chi connectivity index (χ0n) is 13.9. The van der Waals surface area contributed by atoms with Crippen LogP contribution in [-0.2, 0) is 9.53 Å². The van der Waals surface area contributed by atoms with Gasteiger partial charge in [0.25, 0.3) is 0 Å². The Balaban J connectivity index is 1.53. The number of ether oxygens (including phenoxy) is 1. The van der Waals surface area contributed by atoms with Crippen LogP contribution in [0.5, 0.6) is 0 Å². The first-order valence-corrected chi connectivity index (χ1v) is 8.28. The van der Waals surface area contributed by atoms with Gasteiger partial charge in [-0.1, -0.05) is 0 Å². The number of imidazole rings is 1. The summed E-state index contributed by atoms with van der Waals surface area (Å²) in [7, 11) is 0. The highest BCUT2D eigenvalue weighted by molar-refractivity contribution is 5.98. The molecular formula is C18H22N4O2. The fourth-order valence-corrected chi connectivity index (χ4v) is 4.12. The summed E-state index contributed by atoms with van der Waals surface area (Å²) in [5, 5.41) is 3.08. The maximum absolute atomic E-state index is 12.9. The van der Waals surface area contributed by atoms with Crippen LogP contribution in [-0.4, -0.2) is 34.1 Å². The lowest BCUT2D eigenvalue weighted by atomic mass is 9.59. The van der Waals surface area contributed by atoms with Crippen LogP contribution in [0.3, 0.4) is 0 Å². The Labute approximate surface area is 140 Å². The minimum atomic E-state index is -0.439. The van der Waals surface area contributed by atoms with Gasteiger partial charge >= 0.3 is 0 Å². The van der Waals surface area contributed by atoms with Crippen molar-refractivity contribution >= 4 is 11.6 Å². The third-order valence-corrected chi connectivity index (χ3v) is 5.55. The van der Waals surface area contributed by atoms with Crippen LogP contribution < -0.4 is 11.1 Å². The quantitative estimate of drug-likeness (QED) is 0.803. The van der Waals surface area contributed by atoms with Gasteiger partial charge in [0.15, 0.2) is 0 Å². The van der Waals surface area contributed by atoms with Gasteiger partial charge in [0.2, 0.25) is 5.91 Å². The predicted molar refractivity (Wildman–Crippen MR) is 91.4 cm³/mol. The van der Waals surface area contributed by atoms with Crippen LogP contribution >= 0.6 is 0 Å². The van der Waals surface area contributed by atoms with Crippen LogP contribution in [0.2, 0.25) is 0 Å². The number of carbonyl (C=O) groups excluding carboxylic acids is 1. The number of hydrogen-bond acceptors (Lipinski definition) is 4. The topological polar surface area (TPSA) is 93.0 Å². The van der Waals surface area contributed by atoms with Gasteiger partial charge in [-0.25, -0.2) is 4.98 Å². The Hall–Kier alpha value is -2.18. The predicted octanol–water partition coefficient (Wildman–Crippen LogP) is 2.22. The molecule has 0 spiro atoms. The first-order chi connectivity index (χ1) is 11.5. The van der Waals surface area contributed by atoms with Gasteiger partial charge in [0.1, 0.15) is 5.82 Å². The normalized spacial score (nSPS) is 30.9. The summed E-state index contributed by atoms with van der Waals surface area (Å²) in [6.45, 7) is 4.43. The van der Waals surface area contributed by atoms with Crippen LogP contribution in [0, 0.1) is 12.3 Å². The Morgan fingerprint density at radius 3 is 2.88 bits per heavy atom. The third kappa shape index (κ3) is 2.10. The van der Waals surface area contributed by atoms with Crippen molar-refractivity contribution in [3.8, 4) is 11.4 Å². The van der Waals surface area contributed by atoms with E-state index in [2.05, 4.69) is 15.3 Å². The number of H-pyrrole nitrogens is 1. The van der Waals surface area contributed by atoms with Gasteiger partial charge in [-0.3, -0.25) is 4.79 Å². The van der Waals surface area contributed by atoms with Gasteiger partial charge in [0, 0.05) is 30.2 Å². The van der Waals surface area contributed by atoms with Crippen molar-refractivity contribution in [2.24, 2.45) is 11.1 Å². The molecule has 1 unspecified atom stereocenters. The van der Waals surface area contributed by atoms with Crippen molar-refractivity contribution in [1.82, 2.24) is 9.97 Å². The molecule has 1 atom stereocenters. The number of nitrogens with zero attached hydrogens (tertiary/aromatic N) is 1. The van der Waals surface area contributed by atoms with E-state index in [1.807, 2.05) is 32.0 Å². The number of carbonyl (C=O) groups is 1. The molecule has 3 fully saturated rings. The number of aryl methyl sites for hydroxylation is 1. The van der Waals surface area contributed by atoms with Gasteiger partial charge < -0.3 is 20.8 Å². The van der Waals surface area contributed by atoms with Gasteiger partial charge in [0.05, 0.1) is 17.1 Å². The number of benzene rings is 1. The summed E-state index contributed by atoms with van der Waals surface area (Å²) < 4.78 is 5.93. The van der Waals surface area contributed by atoms with Crippen LogP contribution in [0.15, 0.2) is 30.6 Å². The monoisotopic (exact) mass is 326 g/mol. The molecule has 24 heavy (non-hydrogen) atoms. The lowest BCUT2D eigenvalue weighted by Gasteiger charge is -2.43. The number of rotatable bonds is 4. The Morgan fingerprint density at radius 2 is 2.29 bits per heavy atom. The maximum atomic E-state index is 12.9. The first kappa shape index (κ1) is 15.4. The third-order valence-electron chi connectivity index (χ3n) is 5.55. The molecule has 6 nitrogen and oxygen atoms in total. The molecule has 1 saturated carbocycles. The molecule has 3 heterocycles. The molecule has 4 N–H and O–H groups in total. The van der Waals surface area contributed by atoms with E-state index < -0.39 is 5.41 Å². The lowest BCUT2D eigenvalue weighted by molar-refractivity contribution is -0.130. The second kappa shape index (κ2) is 5.16. The number of amides is 1. The van der Waals surface area contributed by atoms with E-state index in [4.69, 9.17) is 10.5 Å². The van der Waals surface area contributed by atoms with E-state index in [1.165, 1.54) is 0 Å². The molecule has 3 aliphatic rings. The number of hydrogen-bond donors (Lipinski definition) is 3. The summed E-state index contributed by atoms with van der Waals surface area (Å²) in [6.07, 6.45) is 4.85. The number of anilines is 1. The van der Waals surface area contributed by atoms with E-state index in [-0.39, 0.29) is 17.6 Å². The molecule has 126 valence electrons. The second-order valence-electron chi connectivity index (χ2n) is 7.08. The minimum Gasteiger partial charge on any atom is -0.370 e. The Bertz CT molecular complexity index is 778. The fraction of sp³-hybridized carbons (Fsp3) is 0.444. The molecule has 1 aromatic heterocycles. The molecule has 1 amide bonds. The van der Waals surface area contributed by atoms with E-state index in [9.17, 15) is 4.79 Å². The molecule has 1 aromatic carbocycles. The number of fused-ring (bicyclic) bond motifs is 1. The summed E-state index contributed by atoms with van der Waals surface area (Å²) in [5.41, 5.74) is 7.91. The zero-order chi connectivity index (χ0) is 16.9. The van der Waals surface area contributed by atoms with Crippen LogP contribution in [0.25, 0.3) is 11.4 Å². The number of nitrogens with one attached hydrogen (secondary N) is 2. The van der Waals surface area contributed by atoms with Crippen molar-refractivity contribution in [3.05, 3.63) is 36.2 Å². The Kier molecular flexibility index (Phi) is 3.30. The molecular weight excluding hydrogens is 304 g/mol. The molecule has 2 aromatic rings. The summed E-state index contributed by atoms with van der Waals surface area (Å²) in [4.78, 5) is 20.2. The van der Waals surface area contributed by atoms with Gasteiger partial charge in [-0.05, 0) is 50.5 Å². The fourth-order valence-electron chi connectivity index (χ4n) is 4.12. The smallest absolute Gasteiger partial charge is 0.233 e. The van der Waals surface area contributed by atoms with Crippen molar-refractivity contribution in [3.63, 3.8) is 0 Å². The van der Waals surface area contributed by atoms with Crippen LogP contribution in [0.1, 0.15) is 25.3 Å². The molecule has 1 aliphatic carbocycles. The van der Waals surface area contributed by atoms with Crippen molar-refractivity contribution in [2.45, 2.75) is 38.4 Å². The highest BCUT2D eigenvalue weighted by atomic mass is 16.5. The zero-order valence-corrected chi connectivity index (χ0v) is 13.9. The lowest BCUT2D eigenvalue weighted by Crippen LogP contribution is -2.55. The maximum Gasteiger partial charge on any atom is 0.233 e. The molecule has 2 saturated heterocycles. The number of aromatic amines is 1. The molecule has 2 aliphatic heterocycles. The molecule has 2 bridgehead atoms.